The van der Waals surface area contributed by atoms with Gasteiger partial charge in [-0.05, 0) is 31.0 Å². The fourth-order valence-electron chi connectivity index (χ4n) is 2.28. The Hall–Kier alpha value is -1.91. The minimum atomic E-state index is -4.57. The van der Waals surface area contributed by atoms with Crippen LogP contribution in [-0.4, -0.2) is 45.4 Å². The number of carboxylic acids is 1. The molecular weight excluding hydrogens is 361 g/mol. The first kappa shape index (κ1) is 21.1. The van der Waals surface area contributed by atoms with Gasteiger partial charge < -0.3 is 20.0 Å². The van der Waals surface area contributed by atoms with Crippen molar-refractivity contribution < 1.29 is 33.0 Å². The molecule has 0 amide bonds. The average Bonchev–Trinajstić information content (AvgIpc) is 2.52. The molecule has 140 valence electrons. The van der Waals surface area contributed by atoms with E-state index in [9.17, 15) is 18.0 Å². The molecular formula is C15H19F3N2O4S. The van der Waals surface area contributed by atoms with Crippen LogP contribution in [0.15, 0.2) is 18.2 Å². The molecule has 1 heterocycles. The Bertz CT molecular complexity index is 625. The molecule has 0 radical (unpaired) electrons. The first-order chi connectivity index (χ1) is 11.8. The molecule has 1 unspecified atom stereocenters. The molecule has 1 aromatic carbocycles. The first-order valence-corrected chi connectivity index (χ1v) is 7.80. The molecule has 0 bridgehead atoms. The number of thiocarbonyl (C=S) groups is 1. The van der Waals surface area contributed by atoms with Crippen molar-refractivity contribution >= 4 is 23.2 Å². The Morgan fingerprint density at radius 2 is 2.08 bits per heavy atom. The van der Waals surface area contributed by atoms with Crippen LogP contribution in [0.4, 0.5) is 13.2 Å². The molecule has 0 saturated carbocycles. The van der Waals surface area contributed by atoms with Crippen LogP contribution >= 0.6 is 12.2 Å². The second-order valence-electron chi connectivity index (χ2n) is 5.20. The van der Waals surface area contributed by atoms with Crippen molar-refractivity contribution in [3.8, 4) is 5.75 Å². The van der Waals surface area contributed by atoms with Crippen molar-refractivity contribution in [1.29, 1.82) is 0 Å². The van der Waals surface area contributed by atoms with Gasteiger partial charge in [-0.2, -0.15) is 13.2 Å². The highest BCUT2D eigenvalue weighted by Gasteiger charge is 2.38. The number of aliphatic carboxylic acids is 1. The van der Waals surface area contributed by atoms with Gasteiger partial charge in [0.1, 0.15) is 16.8 Å². The summed E-state index contributed by atoms with van der Waals surface area (Å²) in [5.74, 6) is 2.22. The van der Waals surface area contributed by atoms with Crippen molar-refractivity contribution in [2.75, 3.05) is 13.2 Å². The van der Waals surface area contributed by atoms with Crippen LogP contribution in [0.2, 0.25) is 0 Å². The molecule has 1 aliphatic heterocycles. The summed E-state index contributed by atoms with van der Waals surface area (Å²) in [7, 11) is 0. The number of carboxylic acid groups (broad SMARTS) is 1. The summed E-state index contributed by atoms with van der Waals surface area (Å²) >= 11 is 5.16. The highest BCUT2D eigenvalue weighted by atomic mass is 32.1. The molecule has 1 aliphatic rings. The molecule has 1 fully saturated rings. The molecule has 1 aromatic rings. The van der Waals surface area contributed by atoms with E-state index in [2.05, 4.69) is 5.90 Å². The smallest absolute Gasteiger partial charge is 0.419 e. The minimum absolute atomic E-state index is 0.108. The van der Waals surface area contributed by atoms with Crippen LogP contribution in [0, 0.1) is 0 Å². The number of halogens is 3. The minimum Gasteiger partial charge on any atom is -0.493 e. The van der Waals surface area contributed by atoms with E-state index >= 15 is 0 Å². The summed E-state index contributed by atoms with van der Waals surface area (Å²) < 4.78 is 44.7. The second kappa shape index (κ2) is 8.97. The van der Waals surface area contributed by atoms with Crippen molar-refractivity contribution in [3.63, 3.8) is 0 Å². The van der Waals surface area contributed by atoms with E-state index in [1.54, 1.807) is 6.92 Å². The molecule has 10 heteroatoms. The normalized spacial score (nSPS) is 16.4. The van der Waals surface area contributed by atoms with Crippen molar-refractivity contribution in [1.82, 2.24) is 4.90 Å². The Kier molecular flexibility index (Phi) is 7.59. The fourth-order valence-corrected chi connectivity index (χ4v) is 2.62. The third-order valence-corrected chi connectivity index (χ3v) is 4.03. The monoisotopic (exact) mass is 380 g/mol. The second-order valence-corrected chi connectivity index (χ2v) is 5.59. The Morgan fingerprint density at radius 3 is 2.52 bits per heavy atom. The van der Waals surface area contributed by atoms with Gasteiger partial charge in [-0.25, -0.2) is 10.7 Å². The summed E-state index contributed by atoms with van der Waals surface area (Å²) in [4.78, 5) is 12.5. The number of hydrogen-bond donors (Lipinski definition) is 3. The molecule has 1 atom stereocenters. The van der Waals surface area contributed by atoms with Gasteiger partial charge in [0.15, 0.2) is 0 Å². The molecule has 1 saturated heterocycles. The number of nitrogens with two attached hydrogens (primary N) is 1. The summed E-state index contributed by atoms with van der Waals surface area (Å²) in [6.07, 6.45) is -3.55. The molecule has 4 N–H and O–H groups in total. The Balaban J connectivity index is 0.00000151. The number of rotatable bonds is 5. The highest BCUT2D eigenvalue weighted by Crippen LogP contribution is 2.37. The molecule has 6 nitrogen and oxygen atoms in total. The lowest BCUT2D eigenvalue weighted by atomic mass is 10.0. The zero-order chi connectivity index (χ0) is 19.2. The molecule has 2 rings (SSSR count). The van der Waals surface area contributed by atoms with Crippen LogP contribution in [0.3, 0.4) is 0 Å². The van der Waals surface area contributed by atoms with Crippen LogP contribution < -0.4 is 10.6 Å². The van der Waals surface area contributed by atoms with E-state index in [4.69, 9.17) is 27.3 Å². The zero-order valence-electron chi connectivity index (χ0n) is 13.4. The molecule has 0 spiro atoms. The van der Waals surface area contributed by atoms with Gasteiger partial charge in [0.2, 0.25) is 0 Å². The SMILES string of the molecule is CCCOc1ccc(C(=S)N2CCC2C(=O)O)cc1C(F)(F)F.NO. The predicted octanol–water partition coefficient (Wildman–Crippen LogP) is 2.66. The lowest BCUT2D eigenvalue weighted by molar-refractivity contribution is -0.145. The van der Waals surface area contributed by atoms with Gasteiger partial charge in [0.25, 0.3) is 0 Å². The van der Waals surface area contributed by atoms with Crippen LogP contribution in [0.1, 0.15) is 30.9 Å². The van der Waals surface area contributed by atoms with Gasteiger partial charge in [0.05, 0.1) is 12.2 Å². The van der Waals surface area contributed by atoms with E-state index in [1.807, 2.05) is 0 Å². The number of nitrogens with zero attached hydrogens (tertiary/aromatic N) is 1. The first-order valence-electron chi connectivity index (χ1n) is 7.39. The van der Waals surface area contributed by atoms with Crippen LogP contribution in [0.25, 0.3) is 0 Å². The summed E-state index contributed by atoms with van der Waals surface area (Å²) in [6.45, 7) is 2.40. The van der Waals surface area contributed by atoms with E-state index in [-0.39, 0.29) is 22.9 Å². The van der Waals surface area contributed by atoms with Gasteiger partial charge in [-0.15, -0.1) is 0 Å². The lowest BCUT2D eigenvalue weighted by Crippen LogP contribution is -2.54. The number of benzene rings is 1. The maximum atomic E-state index is 13.2. The van der Waals surface area contributed by atoms with Gasteiger partial charge in [-0.1, -0.05) is 19.1 Å². The predicted molar refractivity (Wildman–Crippen MR) is 87.7 cm³/mol. The Labute approximate surface area is 147 Å². The Morgan fingerprint density at radius 1 is 1.44 bits per heavy atom. The third kappa shape index (κ3) is 5.03. The van der Waals surface area contributed by atoms with E-state index in [1.165, 1.54) is 17.0 Å². The quantitative estimate of drug-likeness (QED) is 0.534. The van der Waals surface area contributed by atoms with Gasteiger partial charge in [-0.3, -0.25) is 0 Å². The molecule has 25 heavy (non-hydrogen) atoms. The van der Waals surface area contributed by atoms with Crippen molar-refractivity contribution in [3.05, 3.63) is 29.3 Å². The number of hydrogen-bond acceptors (Lipinski definition) is 5. The maximum absolute atomic E-state index is 13.2. The number of carbonyl (C=O) groups is 1. The topological polar surface area (TPSA) is 96.0 Å². The van der Waals surface area contributed by atoms with Crippen LogP contribution in [-0.2, 0) is 11.0 Å². The molecule has 0 aliphatic carbocycles. The number of alkyl halides is 3. The average molecular weight is 380 g/mol. The van der Waals surface area contributed by atoms with Crippen LogP contribution in [0.5, 0.6) is 5.75 Å². The van der Waals surface area contributed by atoms with E-state index in [0.29, 0.717) is 19.4 Å². The van der Waals surface area contributed by atoms with Gasteiger partial charge >= 0.3 is 12.1 Å². The number of ether oxygens (including phenoxy) is 1. The summed E-state index contributed by atoms with van der Waals surface area (Å²) in [5.41, 5.74) is -0.736. The standard InChI is InChI=1S/C15H16F3NO3S.H3NO/c1-2-7-22-12-4-3-9(8-10(12)15(16,17)18)13(23)19-6-5-11(19)14(20)21;1-2/h3-4,8,11H,2,5-7H2,1H3,(H,20,21);2H,1H2. The van der Waals surface area contributed by atoms with Gasteiger partial charge in [0, 0.05) is 12.1 Å². The zero-order valence-corrected chi connectivity index (χ0v) is 14.2. The highest BCUT2D eigenvalue weighted by molar-refractivity contribution is 7.80. The van der Waals surface area contributed by atoms with E-state index < -0.39 is 23.8 Å². The lowest BCUT2D eigenvalue weighted by Gasteiger charge is -2.40. The maximum Gasteiger partial charge on any atom is 0.419 e. The fraction of sp³-hybridized carbons (Fsp3) is 0.467. The number of likely N-dealkylation sites (tertiary alicyclic amines) is 1. The summed E-state index contributed by atoms with van der Waals surface area (Å²) in [5, 5.41) is 15.5. The van der Waals surface area contributed by atoms with Crippen molar-refractivity contribution in [2.45, 2.75) is 32.0 Å². The largest absolute Gasteiger partial charge is 0.493 e. The van der Waals surface area contributed by atoms with E-state index in [0.717, 1.165) is 6.07 Å². The van der Waals surface area contributed by atoms with Crippen molar-refractivity contribution in [2.24, 2.45) is 5.90 Å². The third-order valence-electron chi connectivity index (χ3n) is 3.56. The molecule has 0 aromatic heterocycles. The summed E-state index contributed by atoms with van der Waals surface area (Å²) in [6, 6.07) is 2.81.